The van der Waals surface area contributed by atoms with E-state index in [0.717, 1.165) is 34.4 Å². The first-order valence-electron chi connectivity index (χ1n) is 12.4. The quantitative estimate of drug-likeness (QED) is 0.367. The number of carboxylic acid groups (broad SMARTS) is 1. The summed E-state index contributed by atoms with van der Waals surface area (Å²) in [6.45, 7) is 1.14. The van der Waals surface area contributed by atoms with Crippen LogP contribution in [-0.4, -0.2) is 54.0 Å². The van der Waals surface area contributed by atoms with Gasteiger partial charge in [-0.05, 0) is 52.9 Å². The average molecular weight is 567 g/mol. The van der Waals surface area contributed by atoms with Crippen molar-refractivity contribution in [2.75, 3.05) is 20.2 Å². The number of carbonyl (C=O) groups excluding carboxylic acids is 2. The van der Waals surface area contributed by atoms with E-state index in [4.69, 9.17) is 27.9 Å². The zero-order valence-electron chi connectivity index (χ0n) is 21.3. The van der Waals surface area contributed by atoms with Gasteiger partial charge < -0.3 is 20.1 Å². The lowest BCUT2D eigenvalue weighted by molar-refractivity contribution is -0.139. The van der Waals surface area contributed by atoms with Crippen LogP contribution in [0.25, 0.3) is 5.57 Å². The molecule has 2 amide bonds. The topological polar surface area (TPSA) is 95.9 Å². The van der Waals surface area contributed by atoms with E-state index in [2.05, 4.69) is 11.4 Å². The normalized spacial score (nSPS) is 13.8. The van der Waals surface area contributed by atoms with Crippen LogP contribution in [0.1, 0.15) is 33.5 Å². The second-order valence-corrected chi connectivity index (χ2v) is 10.0. The predicted molar refractivity (Wildman–Crippen MR) is 151 cm³/mol. The molecule has 3 aromatic rings. The van der Waals surface area contributed by atoms with Gasteiger partial charge in [0, 0.05) is 19.5 Å². The smallest absolute Gasteiger partial charge is 0.326 e. The Kier molecular flexibility index (Phi) is 9.28. The molecule has 1 heterocycles. The first-order valence-corrected chi connectivity index (χ1v) is 13.2. The second kappa shape index (κ2) is 12.8. The van der Waals surface area contributed by atoms with Gasteiger partial charge in [0.05, 0.1) is 29.1 Å². The zero-order chi connectivity index (χ0) is 27.9. The molecule has 39 heavy (non-hydrogen) atoms. The number of rotatable bonds is 9. The number of nitrogens with one attached hydrogen (secondary N) is 1. The van der Waals surface area contributed by atoms with Crippen LogP contribution in [0.3, 0.4) is 0 Å². The highest BCUT2D eigenvalue weighted by Gasteiger charge is 2.24. The molecule has 0 saturated carbocycles. The summed E-state index contributed by atoms with van der Waals surface area (Å²) in [4.78, 5) is 39.1. The van der Waals surface area contributed by atoms with Crippen LogP contribution >= 0.6 is 23.2 Å². The molecule has 0 fully saturated rings. The molecule has 0 aliphatic carbocycles. The number of amides is 2. The van der Waals surface area contributed by atoms with Gasteiger partial charge in [0.15, 0.2) is 0 Å². The van der Waals surface area contributed by atoms with Gasteiger partial charge in [-0.15, -0.1) is 0 Å². The van der Waals surface area contributed by atoms with Gasteiger partial charge in [-0.3, -0.25) is 9.59 Å². The molecule has 0 radical (unpaired) electrons. The Morgan fingerprint density at radius 3 is 2.31 bits per heavy atom. The van der Waals surface area contributed by atoms with Crippen molar-refractivity contribution in [2.24, 2.45) is 0 Å². The number of halogens is 2. The van der Waals surface area contributed by atoms with Crippen LogP contribution in [0.5, 0.6) is 5.75 Å². The minimum absolute atomic E-state index is 0.0442. The lowest BCUT2D eigenvalue weighted by atomic mass is 9.96. The molecule has 1 atom stereocenters. The highest BCUT2D eigenvalue weighted by atomic mass is 35.5. The fourth-order valence-corrected chi connectivity index (χ4v) is 5.03. The average Bonchev–Trinajstić information content (AvgIpc) is 2.93. The summed E-state index contributed by atoms with van der Waals surface area (Å²) >= 11 is 12.2. The molecule has 0 bridgehead atoms. The molecular formula is C30H28Cl2N2O5. The Hall–Kier alpha value is -3.81. The molecule has 0 aromatic heterocycles. The maximum Gasteiger partial charge on any atom is 0.326 e. The monoisotopic (exact) mass is 566 g/mol. The van der Waals surface area contributed by atoms with Crippen molar-refractivity contribution in [3.8, 4) is 5.75 Å². The van der Waals surface area contributed by atoms with Gasteiger partial charge in [-0.25, -0.2) is 4.79 Å². The van der Waals surface area contributed by atoms with E-state index >= 15 is 0 Å². The number of ether oxygens (including phenoxy) is 1. The number of nitrogens with zero attached hydrogens (tertiary/aromatic N) is 1. The first-order chi connectivity index (χ1) is 18.7. The highest BCUT2D eigenvalue weighted by Crippen LogP contribution is 2.26. The Morgan fingerprint density at radius 1 is 1.00 bits per heavy atom. The predicted octanol–water partition coefficient (Wildman–Crippen LogP) is 5.29. The Morgan fingerprint density at radius 2 is 1.69 bits per heavy atom. The van der Waals surface area contributed by atoms with Gasteiger partial charge in [-0.1, -0.05) is 71.7 Å². The number of aliphatic carboxylic acids is 1. The van der Waals surface area contributed by atoms with Gasteiger partial charge in [0.2, 0.25) is 5.91 Å². The third-order valence-electron chi connectivity index (χ3n) is 6.61. The number of hydrogen-bond acceptors (Lipinski definition) is 4. The van der Waals surface area contributed by atoms with Crippen molar-refractivity contribution in [3.63, 3.8) is 0 Å². The molecule has 0 spiro atoms. The first kappa shape index (κ1) is 28.2. The summed E-state index contributed by atoms with van der Waals surface area (Å²) in [5.41, 5.74) is 3.85. The second-order valence-electron chi connectivity index (χ2n) is 9.21. The standard InChI is InChI=1S/C30H28Cl2N2O5/c1-39-23-5-2-4-20(16-23)18-27(35)34-14-12-22(13-15-34)21-10-8-19(9-11-21)17-26(30(37)38)33-29(36)28-24(31)6-3-7-25(28)32/h2-12,16,26H,13-15,17-18H2,1H3,(H,33,36)(H,37,38)/t26-/m0/s1. The molecule has 0 saturated heterocycles. The van der Waals surface area contributed by atoms with E-state index in [-0.39, 0.29) is 27.9 Å². The van der Waals surface area contributed by atoms with E-state index in [1.807, 2.05) is 53.4 Å². The molecule has 202 valence electrons. The maximum absolute atomic E-state index is 12.8. The van der Waals surface area contributed by atoms with Crippen LogP contribution in [0, 0.1) is 0 Å². The Balaban J connectivity index is 1.36. The van der Waals surface area contributed by atoms with Gasteiger partial charge in [-0.2, -0.15) is 0 Å². The van der Waals surface area contributed by atoms with Crippen molar-refractivity contribution in [2.45, 2.75) is 25.3 Å². The van der Waals surface area contributed by atoms with E-state index < -0.39 is 17.9 Å². The summed E-state index contributed by atoms with van der Waals surface area (Å²) in [6, 6.07) is 18.6. The molecule has 0 unspecified atom stereocenters. The van der Waals surface area contributed by atoms with Crippen molar-refractivity contribution in [3.05, 3.63) is 105 Å². The molecule has 1 aliphatic rings. The van der Waals surface area contributed by atoms with Gasteiger partial charge >= 0.3 is 5.97 Å². The van der Waals surface area contributed by atoms with Crippen molar-refractivity contribution in [1.82, 2.24) is 10.2 Å². The van der Waals surface area contributed by atoms with Gasteiger partial charge in [0.25, 0.3) is 5.91 Å². The van der Waals surface area contributed by atoms with E-state index in [9.17, 15) is 19.5 Å². The SMILES string of the molecule is COc1cccc(CC(=O)N2CC=C(c3ccc(C[C@H](NC(=O)c4c(Cl)cccc4Cl)C(=O)O)cc3)CC2)c1. The summed E-state index contributed by atoms with van der Waals surface area (Å²) < 4.78 is 5.24. The molecule has 7 nitrogen and oxygen atoms in total. The van der Waals surface area contributed by atoms with Crippen LogP contribution in [0.2, 0.25) is 10.0 Å². The summed E-state index contributed by atoms with van der Waals surface area (Å²) in [6.07, 6.45) is 3.18. The minimum atomic E-state index is -1.16. The lowest BCUT2D eigenvalue weighted by Gasteiger charge is -2.27. The number of methoxy groups -OCH3 is 1. The van der Waals surface area contributed by atoms with E-state index in [1.165, 1.54) is 12.1 Å². The highest BCUT2D eigenvalue weighted by molar-refractivity contribution is 6.39. The summed E-state index contributed by atoms with van der Waals surface area (Å²) in [5.74, 6) is -1.02. The molecule has 9 heteroatoms. The van der Waals surface area contributed by atoms with Crippen molar-refractivity contribution >= 4 is 46.6 Å². The molecule has 1 aliphatic heterocycles. The lowest BCUT2D eigenvalue weighted by Crippen LogP contribution is -2.42. The number of benzene rings is 3. The largest absolute Gasteiger partial charge is 0.497 e. The molecular weight excluding hydrogens is 539 g/mol. The Bertz CT molecular complexity index is 1380. The van der Waals surface area contributed by atoms with Gasteiger partial charge in [0.1, 0.15) is 11.8 Å². The Labute approximate surface area is 237 Å². The fraction of sp³-hybridized carbons (Fsp3) is 0.233. The number of carbonyl (C=O) groups is 3. The van der Waals surface area contributed by atoms with Crippen LogP contribution in [0.4, 0.5) is 0 Å². The molecule has 3 aromatic carbocycles. The molecule has 4 rings (SSSR count). The minimum Gasteiger partial charge on any atom is -0.497 e. The molecule has 2 N–H and O–H groups in total. The summed E-state index contributed by atoms with van der Waals surface area (Å²) in [5, 5.41) is 12.5. The van der Waals surface area contributed by atoms with E-state index in [1.54, 1.807) is 13.2 Å². The maximum atomic E-state index is 12.8. The van der Waals surface area contributed by atoms with Crippen LogP contribution < -0.4 is 10.1 Å². The number of carboxylic acids is 1. The van der Waals surface area contributed by atoms with Crippen LogP contribution in [0.15, 0.2) is 72.8 Å². The van der Waals surface area contributed by atoms with Crippen molar-refractivity contribution in [1.29, 1.82) is 0 Å². The van der Waals surface area contributed by atoms with E-state index in [0.29, 0.717) is 19.5 Å². The zero-order valence-corrected chi connectivity index (χ0v) is 22.8. The van der Waals surface area contributed by atoms with Crippen LogP contribution in [-0.2, 0) is 22.4 Å². The number of hydrogen-bond donors (Lipinski definition) is 2. The fourth-order valence-electron chi connectivity index (χ4n) is 4.46. The van der Waals surface area contributed by atoms with Crippen molar-refractivity contribution < 1.29 is 24.2 Å². The summed E-state index contributed by atoms with van der Waals surface area (Å²) in [7, 11) is 1.60. The third kappa shape index (κ3) is 7.19. The third-order valence-corrected chi connectivity index (χ3v) is 7.24.